The van der Waals surface area contributed by atoms with Crippen LogP contribution in [0.15, 0.2) is 29.2 Å². The molecule has 1 aliphatic rings. The number of nitrogens with zero attached hydrogens (tertiary/aromatic N) is 1. The molecule has 0 saturated carbocycles. The minimum atomic E-state index is -3.63. The highest BCUT2D eigenvalue weighted by atomic mass is 32.2. The lowest BCUT2D eigenvalue weighted by Crippen LogP contribution is -2.37. The SMILES string of the molecule is CC(CC(=O)N1CCCNCC1)S(=O)(=O)c1ccc(F)cc1. The van der Waals surface area contributed by atoms with Crippen molar-refractivity contribution >= 4 is 15.7 Å². The van der Waals surface area contributed by atoms with Crippen molar-refractivity contribution in [2.24, 2.45) is 0 Å². The van der Waals surface area contributed by atoms with Gasteiger partial charge in [0.25, 0.3) is 0 Å². The highest BCUT2D eigenvalue weighted by Crippen LogP contribution is 2.19. The molecular formula is C15H21FN2O3S. The molecule has 0 radical (unpaired) electrons. The van der Waals surface area contributed by atoms with Crippen LogP contribution in [0.3, 0.4) is 0 Å². The molecule has 2 rings (SSSR count). The highest BCUT2D eigenvalue weighted by molar-refractivity contribution is 7.92. The third-order valence-electron chi connectivity index (χ3n) is 3.83. The molecular weight excluding hydrogens is 307 g/mol. The van der Waals surface area contributed by atoms with Gasteiger partial charge in [-0.1, -0.05) is 0 Å². The first-order valence-electron chi connectivity index (χ1n) is 7.39. The van der Waals surface area contributed by atoms with Gasteiger partial charge in [-0.25, -0.2) is 12.8 Å². The van der Waals surface area contributed by atoms with Crippen LogP contribution in [0.4, 0.5) is 4.39 Å². The number of halogens is 1. The van der Waals surface area contributed by atoms with E-state index in [1.165, 1.54) is 19.1 Å². The average Bonchev–Trinajstić information content (AvgIpc) is 2.76. The fourth-order valence-electron chi connectivity index (χ4n) is 2.44. The van der Waals surface area contributed by atoms with E-state index < -0.39 is 20.9 Å². The fourth-order valence-corrected chi connectivity index (χ4v) is 3.78. The topological polar surface area (TPSA) is 66.5 Å². The summed E-state index contributed by atoms with van der Waals surface area (Å²) in [6, 6.07) is 4.70. The van der Waals surface area contributed by atoms with Gasteiger partial charge in [0.1, 0.15) is 5.82 Å². The summed E-state index contributed by atoms with van der Waals surface area (Å²) >= 11 is 0. The van der Waals surface area contributed by atoms with E-state index in [4.69, 9.17) is 0 Å². The third-order valence-corrected chi connectivity index (χ3v) is 5.98. The molecule has 1 unspecified atom stereocenters. The zero-order valence-electron chi connectivity index (χ0n) is 12.6. The Morgan fingerprint density at radius 1 is 1.27 bits per heavy atom. The summed E-state index contributed by atoms with van der Waals surface area (Å²) < 4.78 is 37.8. The predicted molar refractivity (Wildman–Crippen MR) is 81.7 cm³/mol. The largest absolute Gasteiger partial charge is 0.341 e. The molecule has 1 aromatic carbocycles. The van der Waals surface area contributed by atoms with E-state index in [1.54, 1.807) is 4.90 Å². The van der Waals surface area contributed by atoms with Gasteiger partial charge in [-0.15, -0.1) is 0 Å². The normalized spacial score (nSPS) is 17.8. The van der Waals surface area contributed by atoms with Gasteiger partial charge < -0.3 is 10.2 Å². The van der Waals surface area contributed by atoms with Crippen LogP contribution in [-0.4, -0.2) is 50.7 Å². The van der Waals surface area contributed by atoms with Crippen molar-refractivity contribution < 1.29 is 17.6 Å². The van der Waals surface area contributed by atoms with E-state index in [1.807, 2.05) is 0 Å². The van der Waals surface area contributed by atoms with E-state index in [0.29, 0.717) is 13.1 Å². The number of sulfone groups is 1. The summed E-state index contributed by atoms with van der Waals surface area (Å²) in [5.74, 6) is -0.637. The van der Waals surface area contributed by atoms with Gasteiger partial charge in [0, 0.05) is 26.1 Å². The van der Waals surface area contributed by atoms with E-state index in [2.05, 4.69) is 5.32 Å². The highest BCUT2D eigenvalue weighted by Gasteiger charge is 2.27. The first kappa shape index (κ1) is 16.9. The Morgan fingerprint density at radius 2 is 1.95 bits per heavy atom. The first-order chi connectivity index (χ1) is 10.4. The maximum Gasteiger partial charge on any atom is 0.223 e. The van der Waals surface area contributed by atoms with Crippen LogP contribution in [0.1, 0.15) is 19.8 Å². The van der Waals surface area contributed by atoms with E-state index in [9.17, 15) is 17.6 Å². The van der Waals surface area contributed by atoms with E-state index in [-0.39, 0.29) is 17.2 Å². The third kappa shape index (κ3) is 4.04. The van der Waals surface area contributed by atoms with Crippen LogP contribution in [-0.2, 0) is 14.6 Å². The quantitative estimate of drug-likeness (QED) is 0.844. The Kier molecular flexibility index (Phi) is 5.52. The molecule has 1 aromatic rings. The summed E-state index contributed by atoms with van der Waals surface area (Å²) in [5, 5.41) is 2.37. The minimum absolute atomic E-state index is 0.0479. The van der Waals surface area contributed by atoms with Gasteiger partial charge in [-0.05, 0) is 44.2 Å². The zero-order valence-corrected chi connectivity index (χ0v) is 13.4. The Balaban J connectivity index is 2.05. The summed E-state index contributed by atoms with van der Waals surface area (Å²) in [4.78, 5) is 14.0. The molecule has 7 heteroatoms. The van der Waals surface area contributed by atoms with Gasteiger partial charge in [0.15, 0.2) is 9.84 Å². The monoisotopic (exact) mass is 328 g/mol. The molecule has 1 N–H and O–H groups in total. The van der Waals surface area contributed by atoms with Crippen LogP contribution in [0.2, 0.25) is 0 Å². The molecule has 1 fully saturated rings. The second kappa shape index (κ2) is 7.19. The summed E-state index contributed by atoms with van der Waals surface area (Å²) in [6.07, 6.45) is 0.810. The molecule has 1 saturated heterocycles. The molecule has 22 heavy (non-hydrogen) atoms. The van der Waals surface area contributed by atoms with E-state index in [0.717, 1.165) is 31.6 Å². The Morgan fingerprint density at radius 3 is 2.64 bits per heavy atom. The number of benzene rings is 1. The standard InChI is InChI=1S/C15H21FN2O3S/c1-12(11-15(19)18-9-2-7-17-8-10-18)22(20,21)14-5-3-13(16)4-6-14/h3-6,12,17H,2,7-11H2,1H3. The fraction of sp³-hybridized carbons (Fsp3) is 0.533. The molecule has 122 valence electrons. The Bertz CT molecular complexity index is 608. The van der Waals surface area contributed by atoms with Crippen molar-refractivity contribution in [3.8, 4) is 0 Å². The first-order valence-corrected chi connectivity index (χ1v) is 8.94. The van der Waals surface area contributed by atoms with Crippen LogP contribution in [0.5, 0.6) is 0 Å². The van der Waals surface area contributed by atoms with Gasteiger partial charge >= 0.3 is 0 Å². The van der Waals surface area contributed by atoms with Crippen molar-refractivity contribution in [3.05, 3.63) is 30.1 Å². The van der Waals surface area contributed by atoms with Gasteiger partial charge in [0.05, 0.1) is 10.1 Å². The molecule has 1 aliphatic heterocycles. The van der Waals surface area contributed by atoms with Crippen LogP contribution in [0, 0.1) is 5.82 Å². The molecule has 1 amide bonds. The number of hydrogen-bond acceptors (Lipinski definition) is 4. The summed E-state index contributed by atoms with van der Waals surface area (Å²) in [5.41, 5.74) is 0. The van der Waals surface area contributed by atoms with Crippen molar-refractivity contribution in [1.29, 1.82) is 0 Å². The lowest BCUT2D eigenvalue weighted by atomic mass is 10.3. The van der Waals surface area contributed by atoms with Crippen molar-refractivity contribution in [1.82, 2.24) is 10.2 Å². The lowest BCUT2D eigenvalue weighted by molar-refractivity contribution is -0.130. The van der Waals surface area contributed by atoms with Crippen molar-refractivity contribution in [2.75, 3.05) is 26.2 Å². The molecule has 1 heterocycles. The second-order valence-electron chi connectivity index (χ2n) is 5.50. The number of rotatable bonds is 4. The number of carbonyl (C=O) groups is 1. The number of carbonyl (C=O) groups excluding carboxylic acids is 1. The molecule has 1 atom stereocenters. The van der Waals surface area contributed by atoms with Gasteiger partial charge in [-0.3, -0.25) is 4.79 Å². The van der Waals surface area contributed by atoms with Crippen LogP contribution >= 0.6 is 0 Å². The Hall–Kier alpha value is -1.47. The molecule has 0 aromatic heterocycles. The number of amides is 1. The molecule has 0 aliphatic carbocycles. The Labute approximate surface area is 130 Å². The second-order valence-corrected chi connectivity index (χ2v) is 7.86. The van der Waals surface area contributed by atoms with E-state index >= 15 is 0 Å². The lowest BCUT2D eigenvalue weighted by Gasteiger charge is -2.22. The maximum atomic E-state index is 12.9. The van der Waals surface area contributed by atoms with Gasteiger partial charge in [-0.2, -0.15) is 0 Å². The zero-order chi connectivity index (χ0) is 16.2. The smallest absolute Gasteiger partial charge is 0.223 e. The van der Waals surface area contributed by atoms with Crippen molar-refractivity contribution in [3.63, 3.8) is 0 Å². The van der Waals surface area contributed by atoms with Crippen LogP contribution < -0.4 is 5.32 Å². The summed E-state index contributed by atoms with van der Waals surface area (Å²) in [6.45, 7) is 4.36. The number of hydrogen-bond donors (Lipinski definition) is 1. The molecule has 0 bridgehead atoms. The van der Waals surface area contributed by atoms with Crippen molar-refractivity contribution in [2.45, 2.75) is 29.9 Å². The van der Waals surface area contributed by atoms with Crippen LogP contribution in [0.25, 0.3) is 0 Å². The molecule has 5 nitrogen and oxygen atoms in total. The maximum absolute atomic E-state index is 12.9. The molecule has 0 spiro atoms. The summed E-state index contributed by atoms with van der Waals surface area (Å²) in [7, 11) is -3.63. The average molecular weight is 328 g/mol. The van der Waals surface area contributed by atoms with Gasteiger partial charge in [0.2, 0.25) is 5.91 Å². The predicted octanol–water partition coefficient (Wildman–Crippen LogP) is 1.20. The minimum Gasteiger partial charge on any atom is -0.341 e. The number of nitrogens with one attached hydrogen (secondary N) is 1.